The molecule has 1 aliphatic rings. The minimum Gasteiger partial charge on any atom is -0.351 e. The zero-order chi connectivity index (χ0) is 18.8. The molecule has 1 aromatic heterocycles. The molecule has 0 spiro atoms. The lowest BCUT2D eigenvalue weighted by Gasteiger charge is -2.32. The van der Waals surface area contributed by atoms with Crippen molar-refractivity contribution in [2.24, 2.45) is 7.05 Å². The molecule has 27 heavy (non-hydrogen) atoms. The molecule has 0 bridgehead atoms. The van der Waals surface area contributed by atoms with Gasteiger partial charge in [-0.3, -0.25) is 9.69 Å². The Kier molecular flexibility index (Phi) is 4.94. The molecule has 0 unspecified atom stereocenters. The summed E-state index contributed by atoms with van der Waals surface area (Å²) in [4.78, 5) is 15.1. The third kappa shape index (κ3) is 3.88. The number of nitrogens with zero attached hydrogens (tertiary/aromatic N) is 2. The predicted molar refractivity (Wildman–Crippen MR) is 105 cm³/mol. The predicted octanol–water partition coefficient (Wildman–Crippen LogP) is 3.71. The van der Waals surface area contributed by atoms with E-state index in [2.05, 4.69) is 10.2 Å². The molecule has 0 radical (unpaired) electrons. The Hall–Kier alpha value is -2.66. The van der Waals surface area contributed by atoms with E-state index >= 15 is 0 Å². The van der Waals surface area contributed by atoms with Crippen LogP contribution in [0.3, 0.4) is 0 Å². The summed E-state index contributed by atoms with van der Waals surface area (Å²) in [6, 6.07) is 14.7. The first-order chi connectivity index (χ1) is 13.1. The average Bonchev–Trinajstić information content (AvgIpc) is 3.06. The summed E-state index contributed by atoms with van der Waals surface area (Å²) < 4.78 is 15.0. The van der Waals surface area contributed by atoms with Crippen molar-refractivity contribution in [2.45, 2.75) is 25.4 Å². The van der Waals surface area contributed by atoms with Crippen molar-refractivity contribution in [3.05, 3.63) is 71.7 Å². The molecule has 2 heterocycles. The molecular weight excluding hydrogens is 341 g/mol. The van der Waals surface area contributed by atoms with Crippen molar-refractivity contribution >= 4 is 16.8 Å². The quantitative estimate of drug-likeness (QED) is 0.765. The van der Waals surface area contributed by atoms with Crippen LogP contribution in [-0.4, -0.2) is 34.5 Å². The van der Waals surface area contributed by atoms with Gasteiger partial charge in [0.2, 0.25) is 0 Å². The second kappa shape index (κ2) is 7.53. The van der Waals surface area contributed by atoms with E-state index in [9.17, 15) is 9.18 Å². The minimum atomic E-state index is -0.200. The molecule has 1 amide bonds. The van der Waals surface area contributed by atoms with Gasteiger partial charge in [0.05, 0.1) is 0 Å². The lowest BCUT2D eigenvalue weighted by molar-refractivity contribution is 0.0910. The maximum atomic E-state index is 13.0. The maximum absolute atomic E-state index is 13.0. The highest BCUT2D eigenvalue weighted by atomic mass is 19.1. The van der Waals surface area contributed by atoms with Gasteiger partial charge in [-0.2, -0.15) is 0 Å². The number of nitrogens with one attached hydrogen (secondary N) is 1. The van der Waals surface area contributed by atoms with Gasteiger partial charge < -0.3 is 9.88 Å². The molecule has 1 fully saturated rings. The van der Waals surface area contributed by atoms with Crippen LogP contribution in [0, 0.1) is 5.82 Å². The van der Waals surface area contributed by atoms with Crippen LogP contribution < -0.4 is 5.32 Å². The van der Waals surface area contributed by atoms with Crippen molar-refractivity contribution in [1.29, 1.82) is 0 Å². The van der Waals surface area contributed by atoms with Gasteiger partial charge in [-0.1, -0.05) is 18.2 Å². The number of hydrogen-bond donors (Lipinski definition) is 1. The van der Waals surface area contributed by atoms with E-state index in [4.69, 9.17) is 0 Å². The Bertz CT molecular complexity index is 940. The Morgan fingerprint density at radius 3 is 2.59 bits per heavy atom. The summed E-state index contributed by atoms with van der Waals surface area (Å²) in [5.41, 5.74) is 2.92. The first kappa shape index (κ1) is 17.7. The normalized spacial score (nSPS) is 15.9. The maximum Gasteiger partial charge on any atom is 0.252 e. The molecule has 1 saturated heterocycles. The molecular formula is C22H24FN3O. The first-order valence-electron chi connectivity index (χ1n) is 9.42. The second-order valence-corrected chi connectivity index (χ2v) is 7.32. The number of amides is 1. The van der Waals surface area contributed by atoms with Crippen molar-refractivity contribution in [1.82, 2.24) is 14.8 Å². The summed E-state index contributed by atoms with van der Waals surface area (Å²) in [7, 11) is 1.99. The van der Waals surface area contributed by atoms with E-state index in [0.29, 0.717) is 0 Å². The van der Waals surface area contributed by atoms with Crippen LogP contribution in [0.4, 0.5) is 4.39 Å². The number of hydrogen-bond acceptors (Lipinski definition) is 2. The van der Waals surface area contributed by atoms with Gasteiger partial charge in [0.1, 0.15) is 5.82 Å². The van der Waals surface area contributed by atoms with Gasteiger partial charge in [-0.05, 0) is 48.7 Å². The fraction of sp³-hybridized carbons (Fsp3) is 0.318. The molecule has 0 aliphatic carbocycles. The number of piperidine rings is 1. The minimum absolute atomic E-state index is 0.00350. The second-order valence-electron chi connectivity index (χ2n) is 7.32. The summed E-state index contributed by atoms with van der Waals surface area (Å²) >= 11 is 0. The molecule has 140 valence electrons. The average molecular weight is 365 g/mol. The lowest BCUT2D eigenvalue weighted by Crippen LogP contribution is -2.44. The number of carbonyl (C=O) groups is 1. The summed E-state index contributed by atoms with van der Waals surface area (Å²) in [6.07, 6.45) is 3.84. The highest BCUT2D eigenvalue weighted by Gasteiger charge is 2.22. The molecule has 4 nitrogen and oxygen atoms in total. The number of rotatable bonds is 4. The van der Waals surface area contributed by atoms with E-state index < -0.39 is 0 Å². The van der Waals surface area contributed by atoms with Crippen LogP contribution in [0.1, 0.15) is 28.8 Å². The molecule has 1 N–H and O–H groups in total. The molecule has 3 aromatic rings. The van der Waals surface area contributed by atoms with Gasteiger partial charge in [-0.15, -0.1) is 0 Å². The summed E-state index contributed by atoms with van der Waals surface area (Å²) in [5, 5.41) is 4.20. The topological polar surface area (TPSA) is 37.3 Å². The van der Waals surface area contributed by atoms with Crippen LogP contribution in [0.5, 0.6) is 0 Å². The van der Waals surface area contributed by atoms with Gasteiger partial charge in [0.25, 0.3) is 5.91 Å². The Balaban J connectivity index is 1.34. The standard InChI is InChI=1S/C22H24FN3O/c1-25-12-11-19-20(3-2-4-21(19)25)22(27)24-18-9-13-26(14-10-18)15-16-5-7-17(23)8-6-16/h2-8,11-12,18H,9-10,13-15H2,1H3,(H,24,27). The number of fused-ring (bicyclic) bond motifs is 1. The third-order valence-electron chi connectivity index (χ3n) is 5.41. The van der Waals surface area contributed by atoms with Crippen molar-refractivity contribution in [3.63, 3.8) is 0 Å². The molecule has 4 rings (SSSR count). The fourth-order valence-electron chi connectivity index (χ4n) is 3.85. The molecule has 1 aliphatic heterocycles. The highest BCUT2D eigenvalue weighted by Crippen LogP contribution is 2.20. The monoisotopic (exact) mass is 365 g/mol. The lowest BCUT2D eigenvalue weighted by atomic mass is 10.0. The number of halogens is 1. The third-order valence-corrected chi connectivity index (χ3v) is 5.41. The molecule has 0 saturated carbocycles. The van der Waals surface area contributed by atoms with Crippen LogP contribution in [-0.2, 0) is 13.6 Å². The fourth-order valence-corrected chi connectivity index (χ4v) is 3.85. The highest BCUT2D eigenvalue weighted by molar-refractivity contribution is 6.06. The van der Waals surface area contributed by atoms with Crippen LogP contribution >= 0.6 is 0 Å². The zero-order valence-electron chi connectivity index (χ0n) is 15.5. The molecule has 2 aromatic carbocycles. The van der Waals surface area contributed by atoms with Gasteiger partial charge in [0.15, 0.2) is 0 Å². The number of likely N-dealkylation sites (tertiary alicyclic amines) is 1. The number of aromatic nitrogens is 1. The van der Waals surface area contributed by atoms with Crippen molar-refractivity contribution in [3.8, 4) is 0 Å². The van der Waals surface area contributed by atoms with E-state index in [1.54, 1.807) is 0 Å². The smallest absolute Gasteiger partial charge is 0.252 e. The van der Waals surface area contributed by atoms with Crippen LogP contribution in [0.25, 0.3) is 10.9 Å². The number of benzene rings is 2. The zero-order valence-corrected chi connectivity index (χ0v) is 15.5. The Morgan fingerprint density at radius 1 is 1.11 bits per heavy atom. The SMILES string of the molecule is Cn1ccc2c(C(=O)NC3CCN(Cc4ccc(F)cc4)CC3)cccc21. The molecule has 5 heteroatoms. The van der Waals surface area contributed by atoms with Crippen LogP contribution in [0.2, 0.25) is 0 Å². The number of aryl methyl sites for hydroxylation is 1. The van der Waals surface area contributed by atoms with Gasteiger partial charge in [-0.25, -0.2) is 4.39 Å². The van der Waals surface area contributed by atoms with E-state index in [-0.39, 0.29) is 17.8 Å². The van der Waals surface area contributed by atoms with E-state index in [0.717, 1.165) is 54.5 Å². The Morgan fingerprint density at radius 2 is 1.85 bits per heavy atom. The van der Waals surface area contributed by atoms with Crippen LogP contribution in [0.15, 0.2) is 54.7 Å². The van der Waals surface area contributed by atoms with Crippen molar-refractivity contribution in [2.75, 3.05) is 13.1 Å². The molecule has 0 atom stereocenters. The Labute approximate surface area is 158 Å². The van der Waals surface area contributed by atoms with Gasteiger partial charge in [0, 0.05) is 55.4 Å². The van der Waals surface area contributed by atoms with Crippen molar-refractivity contribution < 1.29 is 9.18 Å². The van der Waals surface area contributed by atoms with E-state index in [1.807, 2.05) is 54.2 Å². The first-order valence-corrected chi connectivity index (χ1v) is 9.42. The van der Waals surface area contributed by atoms with E-state index in [1.165, 1.54) is 12.1 Å². The summed E-state index contributed by atoms with van der Waals surface area (Å²) in [6.45, 7) is 2.68. The number of carbonyl (C=O) groups excluding carboxylic acids is 1. The largest absolute Gasteiger partial charge is 0.351 e. The summed E-state index contributed by atoms with van der Waals surface area (Å²) in [5.74, 6) is -0.197. The van der Waals surface area contributed by atoms with Gasteiger partial charge >= 0.3 is 0 Å².